The monoisotopic (exact) mass is 659 g/mol. The average molecular weight is 660 g/mol. The summed E-state index contributed by atoms with van der Waals surface area (Å²) in [5.41, 5.74) is 4.93. The van der Waals surface area contributed by atoms with Gasteiger partial charge in [-0.3, -0.25) is 4.90 Å². The van der Waals surface area contributed by atoms with E-state index in [1.807, 2.05) is 70.3 Å². The molecule has 1 aliphatic rings. The van der Waals surface area contributed by atoms with Gasteiger partial charge in [0.1, 0.15) is 6.29 Å². The maximum Gasteiger partial charge on any atom is 0.327 e. The molecule has 1 saturated heterocycles. The molecule has 9 nitrogen and oxygen atoms in total. The lowest BCUT2D eigenvalue weighted by Crippen LogP contribution is -2.42. The summed E-state index contributed by atoms with van der Waals surface area (Å²) >= 11 is 2.92. The maximum atomic E-state index is 13.1. The number of carbonyl (C=O) groups excluding carboxylic acids is 2. The van der Waals surface area contributed by atoms with Crippen molar-refractivity contribution in [1.29, 1.82) is 10.5 Å². The second kappa shape index (κ2) is 14.0. The number of aldehydes is 1. The van der Waals surface area contributed by atoms with Gasteiger partial charge in [-0.15, -0.1) is 22.7 Å². The summed E-state index contributed by atoms with van der Waals surface area (Å²) in [7, 11) is 0. The SMILES string of the molecule is CC(C)(C=O)Nc1nc(-c2ccc(C#N)cc2)cs1.CC1(C)CN(Cc2ccccc2)C(=O)N1c1nc(-c2ccc(C#N)cc2)cs1. The standard InChI is InChI=1S/C22H20N4OS.C14H13N3OS/c1-22(2)15-25(13-17-6-4-3-5-7-17)21(27)26(22)20-24-19(14-28-20)18-10-8-16(12-23)9-11-18;1-14(2,9-18)17-13-16-12(8-19-13)11-5-3-10(7-15)4-6-11/h3-11,14H,13,15H2,1-2H3;3-6,8-9H,1-2H3,(H,16,17). The second-order valence-corrected chi connectivity index (χ2v) is 13.9. The van der Waals surface area contributed by atoms with E-state index < -0.39 is 5.54 Å². The molecular weight excluding hydrogens is 627 g/mol. The predicted octanol–water partition coefficient (Wildman–Crippen LogP) is 7.97. The van der Waals surface area contributed by atoms with Crippen LogP contribution in [0.1, 0.15) is 44.4 Å². The Morgan fingerprint density at radius 2 is 1.43 bits per heavy atom. The molecule has 1 aliphatic heterocycles. The van der Waals surface area contributed by atoms with E-state index in [1.54, 1.807) is 43.0 Å². The quantitative estimate of drug-likeness (QED) is 0.167. The molecule has 0 bridgehead atoms. The highest BCUT2D eigenvalue weighted by Gasteiger charge is 2.45. The van der Waals surface area contributed by atoms with Crippen molar-refractivity contribution in [3.63, 3.8) is 0 Å². The lowest BCUT2D eigenvalue weighted by atomic mass is 10.1. The maximum absolute atomic E-state index is 13.1. The molecule has 47 heavy (non-hydrogen) atoms. The van der Waals surface area contributed by atoms with E-state index in [0.717, 1.165) is 34.4 Å². The molecule has 0 atom stereocenters. The zero-order chi connectivity index (χ0) is 33.6. The summed E-state index contributed by atoms with van der Waals surface area (Å²) in [5.74, 6) is 0. The number of anilines is 2. The highest BCUT2D eigenvalue weighted by Crippen LogP contribution is 2.37. The molecule has 6 rings (SSSR count). The molecular formula is C36H33N7O2S2. The minimum absolute atomic E-state index is 0.0189. The number of aromatic nitrogens is 2. The number of hydrogen-bond donors (Lipinski definition) is 1. The van der Waals surface area contributed by atoms with Crippen molar-refractivity contribution in [3.05, 3.63) is 106 Å². The van der Waals surface area contributed by atoms with Crippen LogP contribution in [-0.2, 0) is 11.3 Å². The van der Waals surface area contributed by atoms with Crippen molar-refractivity contribution >= 4 is 45.3 Å². The first-order chi connectivity index (χ1) is 22.5. The van der Waals surface area contributed by atoms with Crippen LogP contribution >= 0.6 is 22.7 Å². The minimum Gasteiger partial charge on any atom is -0.350 e. The van der Waals surface area contributed by atoms with E-state index in [-0.39, 0.29) is 11.6 Å². The lowest BCUT2D eigenvalue weighted by molar-refractivity contribution is -0.110. The van der Waals surface area contributed by atoms with Gasteiger partial charge >= 0.3 is 6.03 Å². The van der Waals surface area contributed by atoms with Gasteiger partial charge in [0.2, 0.25) is 0 Å². The van der Waals surface area contributed by atoms with Crippen LogP contribution in [0.4, 0.5) is 15.1 Å². The van der Waals surface area contributed by atoms with Gasteiger partial charge in [0.15, 0.2) is 10.3 Å². The fourth-order valence-electron chi connectivity index (χ4n) is 4.97. The number of hydrogen-bond acceptors (Lipinski definition) is 9. The molecule has 0 saturated carbocycles. The molecule has 2 amide bonds. The molecule has 0 unspecified atom stereocenters. The van der Waals surface area contributed by atoms with Crippen molar-refractivity contribution in [2.24, 2.45) is 0 Å². The third kappa shape index (κ3) is 7.90. The van der Waals surface area contributed by atoms with Gasteiger partial charge in [-0.25, -0.2) is 14.8 Å². The van der Waals surface area contributed by atoms with Crippen molar-refractivity contribution in [1.82, 2.24) is 14.9 Å². The fourth-order valence-corrected chi connectivity index (χ4v) is 6.85. The molecule has 5 aromatic rings. The number of nitrogens with one attached hydrogen (secondary N) is 1. The van der Waals surface area contributed by atoms with E-state index in [4.69, 9.17) is 15.5 Å². The van der Waals surface area contributed by atoms with Crippen molar-refractivity contribution in [2.45, 2.75) is 45.3 Å². The van der Waals surface area contributed by atoms with Gasteiger partial charge in [-0.2, -0.15) is 10.5 Å². The molecule has 11 heteroatoms. The number of benzene rings is 3. The highest BCUT2D eigenvalue weighted by atomic mass is 32.1. The largest absolute Gasteiger partial charge is 0.350 e. The molecule has 1 fully saturated rings. The van der Waals surface area contributed by atoms with Crippen LogP contribution in [0, 0.1) is 22.7 Å². The second-order valence-electron chi connectivity index (χ2n) is 12.2. The summed E-state index contributed by atoms with van der Waals surface area (Å²) in [6.45, 7) is 8.96. The molecule has 0 aliphatic carbocycles. The van der Waals surface area contributed by atoms with Crippen molar-refractivity contribution in [3.8, 4) is 34.7 Å². The minimum atomic E-state index is -0.625. The number of thiazole rings is 2. The number of urea groups is 1. The first-order valence-corrected chi connectivity index (χ1v) is 16.6. The van der Waals surface area contributed by atoms with Crippen LogP contribution in [0.15, 0.2) is 89.6 Å². The van der Waals surface area contributed by atoms with E-state index >= 15 is 0 Å². The summed E-state index contributed by atoms with van der Waals surface area (Å²) < 4.78 is 0. The Balaban J connectivity index is 0.000000199. The summed E-state index contributed by atoms with van der Waals surface area (Å²) in [6, 6.07) is 28.8. The van der Waals surface area contributed by atoms with Gasteiger partial charge < -0.3 is 15.0 Å². The number of rotatable bonds is 8. The summed E-state index contributed by atoms with van der Waals surface area (Å²) in [6.07, 6.45) is 0.857. The molecule has 1 N–H and O–H groups in total. The van der Waals surface area contributed by atoms with Crippen LogP contribution in [-0.4, -0.2) is 44.8 Å². The van der Waals surface area contributed by atoms with Crippen LogP contribution in [0.25, 0.3) is 22.5 Å². The van der Waals surface area contributed by atoms with E-state index in [0.29, 0.717) is 34.5 Å². The predicted molar refractivity (Wildman–Crippen MR) is 187 cm³/mol. The van der Waals surface area contributed by atoms with Crippen molar-refractivity contribution in [2.75, 3.05) is 16.8 Å². The van der Waals surface area contributed by atoms with Gasteiger partial charge in [0, 0.05) is 35.0 Å². The first kappa shape index (κ1) is 33.0. The Labute approximate surface area is 282 Å². The van der Waals surface area contributed by atoms with E-state index in [9.17, 15) is 9.59 Å². The third-order valence-corrected chi connectivity index (χ3v) is 8.98. The highest BCUT2D eigenvalue weighted by molar-refractivity contribution is 7.14. The van der Waals surface area contributed by atoms with Gasteiger partial charge in [0.05, 0.1) is 45.7 Å². The Hall–Kier alpha value is -5.36. The van der Waals surface area contributed by atoms with Crippen LogP contribution in [0.3, 0.4) is 0 Å². The van der Waals surface area contributed by atoms with Crippen LogP contribution < -0.4 is 10.2 Å². The molecule has 3 aromatic carbocycles. The van der Waals surface area contributed by atoms with E-state index in [1.165, 1.54) is 22.7 Å². The van der Waals surface area contributed by atoms with Crippen LogP contribution in [0.2, 0.25) is 0 Å². The van der Waals surface area contributed by atoms with Gasteiger partial charge in [-0.1, -0.05) is 54.6 Å². The number of nitrogens with zero attached hydrogens (tertiary/aromatic N) is 6. The summed E-state index contributed by atoms with van der Waals surface area (Å²) in [5, 5.41) is 26.1. The molecule has 3 heterocycles. The molecule has 0 spiro atoms. The van der Waals surface area contributed by atoms with Crippen LogP contribution in [0.5, 0.6) is 0 Å². The molecule has 0 radical (unpaired) electrons. The normalized spacial score (nSPS) is 13.7. The zero-order valence-corrected chi connectivity index (χ0v) is 28.1. The van der Waals surface area contributed by atoms with Crippen molar-refractivity contribution < 1.29 is 9.59 Å². The van der Waals surface area contributed by atoms with Gasteiger partial charge in [-0.05, 0) is 57.5 Å². The molecule has 236 valence electrons. The molecule has 2 aromatic heterocycles. The first-order valence-electron chi connectivity index (χ1n) is 14.8. The zero-order valence-electron chi connectivity index (χ0n) is 26.5. The fraction of sp³-hybridized carbons (Fsp3) is 0.222. The lowest BCUT2D eigenvalue weighted by Gasteiger charge is -2.26. The number of carbonyl (C=O) groups is 2. The number of nitriles is 2. The van der Waals surface area contributed by atoms with E-state index in [2.05, 4.69) is 36.3 Å². The Morgan fingerprint density at radius 3 is 1.98 bits per heavy atom. The Morgan fingerprint density at radius 1 is 0.872 bits per heavy atom. The summed E-state index contributed by atoms with van der Waals surface area (Å²) in [4.78, 5) is 36.8. The third-order valence-electron chi connectivity index (χ3n) is 7.39. The van der Waals surface area contributed by atoms with Gasteiger partial charge in [0.25, 0.3) is 0 Å². The Bertz CT molecular complexity index is 1930. The Kier molecular flexibility index (Phi) is 9.80. The topological polar surface area (TPSA) is 126 Å². The smallest absolute Gasteiger partial charge is 0.327 e. The number of amides is 2. The average Bonchev–Trinajstić information content (AvgIpc) is 3.80.